The van der Waals surface area contributed by atoms with Crippen LogP contribution in [-0.4, -0.2) is 17.6 Å². The van der Waals surface area contributed by atoms with Gasteiger partial charge in [0.1, 0.15) is 0 Å². The molecule has 2 aromatic rings. The number of nitrogens with one attached hydrogen (secondary N) is 1. The predicted molar refractivity (Wildman–Crippen MR) is 95.9 cm³/mol. The van der Waals surface area contributed by atoms with Crippen molar-refractivity contribution in [3.63, 3.8) is 0 Å². The quantitative estimate of drug-likeness (QED) is 0.822. The van der Waals surface area contributed by atoms with Gasteiger partial charge in [-0.05, 0) is 42.5 Å². The molecule has 3 rings (SSSR count). The first-order chi connectivity index (χ1) is 11.6. The molecule has 0 bridgehead atoms. The summed E-state index contributed by atoms with van der Waals surface area (Å²) in [4.78, 5) is 24.5. The average Bonchev–Trinajstić information content (AvgIpc) is 2.60. The van der Waals surface area contributed by atoms with Crippen LogP contribution in [0.2, 0.25) is 0 Å². The Kier molecular flexibility index (Phi) is 5.20. The molecule has 1 aliphatic carbocycles. The summed E-state index contributed by atoms with van der Waals surface area (Å²) < 4.78 is 0. The number of rotatable bonds is 5. The summed E-state index contributed by atoms with van der Waals surface area (Å²) in [7, 11) is 0. The van der Waals surface area contributed by atoms with Crippen LogP contribution in [0.5, 0.6) is 0 Å². The van der Waals surface area contributed by atoms with Crippen molar-refractivity contribution in [1.82, 2.24) is 5.32 Å². The lowest BCUT2D eigenvalue weighted by atomic mass is 9.87. The summed E-state index contributed by atoms with van der Waals surface area (Å²) in [5, 5.41) is 3.15. The summed E-state index contributed by atoms with van der Waals surface area (Å²) in [5.41, 5.74) is 8.32. The van der Waals surface area contributed by atoms with Gasteiger partial charge in [-0.1, -0.05) is 36.4 Å². The highest BCUT2D eigenvalue weighted by Crippen LogP contribution is 2.30. The largest absolute Gasteiger partial charge is 0.369 e. The van der Waals surface area contributed by atoms with E-state index in [0.29, 0.717) is 5.56 Å². The van der Waals surface area contributed by atoms with E-state index in [1.54, 1.807) is 6.07 Å². The first kappa shape index (κ1) is 16.6. The number of primary amides is 1. The van der Waals surface area contributed by atoms with Gasteiger partial charge >= 0.3 is 0 Å². The Morgan fingerprint density at radius 2 is 1.88 bits per heavy atom. The summed E-state index contributed by atoms with van der Waals surface area (Å²) in [6.07, 6.45) is 3.08. The molecule has 2 aromatic carbocycles. The van der Waals surface area contributed by atoms with E-state index < -0.39 is 5.91 Å². The van der Waals surface area contributed by atoms with Gasteiger partial charge in [0.05, 0.1) is 17.4 Å². The number of hydrogen-bond acceptors (Lipinski definition) is 3. The van der Waals surface area contributed by atoms with Crippen LogP contribution in [0.25, 0.3) is 0 Å². The van der Waals surface area contributed by atoms with Gasteiger partial charge < -0.3 is 11.1 Å². The van der Waals surface area contributed by atoms with Crippen molar-refractivity contribution in [2.45, 2.75) is 30.2 Å². The molecule has 5 heteroatoms. The molecule has 0 unspecified atom stereocenters. The normalized spacial score (nSPS) is 16.2. The Labute approximate surface area is 145 Å². The molecule has 0 heterocycles. The number of hydrogen-bond donors (Lipinski definition) is 2. The Hall–Kier alpha value is -2.27. The van der Waals surface area contributed by atoms with Crippen LogP contribution >= 0.6 is 11.8 Å². The molecule has 0 radical (unpaired) electrons. The molecule has 2 amide bonds. The second-order valence-electron chi connectivity index (χ2n) is 5.87. The van der Waals surface area contributed by atoms with E-state index in [1.807, 2.05) is 30.3 Å². The van der Waals surface area contributed by atoms with Crippen LogP contribution < -0.4 is 11.1 Å². The lowest BCUT2D eigenvalue weighted by Gasteiger charge is -2.26. The summed E-state index contributed by atoms with van der Waals surface area (Å²) >= 11 is 1.30. The Morgan fingerprint density at radius 1 is 1.12 bits per heavy atom. The third kappa shape index (κ3) is 3.79. The van der Waals surface area contributed by atoms with Crippen molar-refractivity contribution in [2.24, 2.45) is 5.73 Å². The maximum atomic E-state index is 12.7. The average molecular weight is 340 g/mol. The van der Waals surface area contributed by atoms with Gasteiger partial charge in [0.2, 0.25) is 5.91 Å². The van der Waals surface area contributed by atoms with Gasteiger partial charge in [-0.15, -0.1) is 11.8 Å². The lowest BCUT2D eigenvalue weighted by Crippen LogP contribution is -2.31. The first-order valence-corrected chi connectivity index (χ1v) is 9.02. The Morgan fingerprint density at radius 3 is 2.71 bits per heavy atom. The van der Waals surface area contributed by atoms with Gasteiger partial charge in [-0.2, -0.15) is 0 Å². The molecule has 0 fully saturated rings. The Balaban J connectivity index is 1.78. The zero-order valence-electron chi connectivity index (χ0n) is 13.3. The van der Waals surface area contributed by atoms with E-state index in [2.05, 4.69) is 17.4 Å². The molecule has 0 saturated carbocycles. The van der Waals surface area contributed by atoms with Crippen molar-refractivity contribution in [3.05, 3.63) is 65.2 Å². The van der Waals surface area contributed by atoms with Crippen molar-refractivity contribution in [1.29, 1.82) is 0 Å². The highest BCUT2D eigenvalue weighted by atomic mass is 32.2. The number of fused-ring (bicyclic) bond motifs is 1. The monoisotopic (exact) mass is 340 g/mol. The van der Waals surface area contributed by atoms with E-state index >= 15 is 0 Å². The fourth-order valence-electron chi connectivity index (χ4n) is 3.07. The summed E-state index contributed by atoms with van der Waals surface area (Å²) in [5.74, 6) is -0.336. The number of benzene rings is 2. The van der Waals surface area contributed by atoms with Crippen LogP contribution in [0.3, 0.4) is 0 Å². The number of amides is 2. The third-order valence-electron chi connectivity index (χ3n) is 4.18. The molecular weight excluding hydrogens is 320 g/mol. The van der Waals surface area contributed by atoms with Crippen molar-refractivity contribution in [2.75, 3.05) is 5.75 Å². The molecule has 24 heavy (non-hydrogen) atoms. The molecule has 0 saturated heterocycles. The van der Waals surface area contributed by atoms with Crippen molar-refractivity contribution in [3.8, 4) is 0 Å². The maximum absolute atomic E-state index is 12.7. The van der Waals surface area contributed by atoms with E-state index in [0.717, 1.165) is 24.2 Å². The molecule has 3 N–H and O–H groups in total. The van der Waals surface area contributed by atoms with Gasteiger partial charge in [0.25, 0.3) is 5.91 Å². The van der Waals surface area contributed by atoms with Crippen LogP contribution in [0.15, 0.2) is 53.4 Å². The number of carbonyl (C=O) groups excluding carboxylic acids is 2. The minimum Gasteiger partial charge on any atom is -0.369 e. The topological polar surface area (TPSA) is 72.2 Å². The second-order valence-corrected chi connectivity index (χ2v) is 6.89. The maximum Gasteiger partial charge on any atom is 0.252 e. The molecule has 1 aliphatic rings. The first-order valence-electron chi connectivity index (χ1n) is 8.04. The SMILES string of the molecule is NC(=O)CSc1ccccc1C(=O)N[C@H]1CCCc2ccccc21. The Bertz CT molecular complexity index is 761. The number of nitrogens with two attached hydrogens (primary N) is 1. The van der Waals surface area contributed by atoms with Crippen LogP contribution in [0.4, 0.5) is 0 Å². The zero-order chi connectivity index (χ0) is 16.9. The second kappa shape index (κ2) is 7.53. The molecule has 4 nitrogen and oxygen atoms in total. The standard InChI is InChI=1S/C19H20N2O2S/c20-18(22)12-24-17-11-4-3-9-15(17)19(23)21-16-10-5-7-13-6-1-2-8-14(13)16/h1-4,6,8-9,11,16H,5,7,10,12H2,(H2,20,22)(H,21,23)/t16-/m0/s1. The van der Waals surface area contributed by atoms with E-state index in [-0.39, 0.29) is 17.7 Å². The van der Waals surface area contributed by atoms with Crippen LogP contribution in [0, 0.1) is 0 Å². The van der Waals surface area contributed by atoms with Gasteiger partial charge in [-0.25, -0.2) is 0 Å². The van der Waals surface area contributed by atoms with E-state index in [1.165, 1.54) is 22.9 Å². The summed E-state index contributed by atoms with van der Waals surface area (Å²) in [6.45, 7) is 0. The van der Waals surface area contributed by atoms with Crippen molar-refractivity contribution >= 4 is 23.6 Å². The zero-order valence-corrected chi connectivity index (χ0v) is 14.1. The van der Waals surface area contributed by atoms with Crippen molar-refractivity contribution < 1.29 is 9.59 Å². The fourth-order valence-corrected chi connectivity index (χ4v) is 3.86. The molecule has 0 spiro atoms. The van der Waals surface area contributed by atoms with E-state index in [9.17, 15) is 9.59 Å². The smallest absolute Gasteiger partial charge is 0.252 e. The van der Waals surface area contributed by atoms with Gasteiger partial charge in [-0.3, -0.25) is 9.59 Å². The number of aryl methyl sites for hydroxylation is 1. The number of thioether (sulfide) groups is 1. The highest BCUT2D eigenvalue weighted by molar-refractivity contribution is 8.00. The molecule has 1 atom stereocenters. The summed E-state index contributed by atoms with van der Waals surface area (Å²) in [6, 6.07) is 15.6. The third-order valence-corrected chi connectivity index (χ3v) is 5.27. The predicted octanol–water partition coefficient (Wildman–Crippen LogP) is 3.07. The molecule has 124 valence electrons. The minimum atomic E-state index is -0.392. The highest BCUT2D eigenvalue weighted by Gasteiger charge is 2.22. The fraction of sp³-hybridized carbons (Fsp3) is 0.263. The molecule has 0 aliphatic heterocycles. The van der Waals surface area contributed by atoms with Gasteiger partial charge in [0.15, 0.2) is 0 Å². The van der Waals surface area contributed by atoms with E-state index in [4.69, 9.17) is 5.73 Å². The van der Waals surface area contributed by atoms with Gasteiger partial charge in [0, 0.05) is 4.90 Å². The molecule has 0 aromatic heterocycles. The molecular formula is C19H20N2O2S. The number of carbonyl (C=O) groups is 2. The minimum absolute atomic E-state index is 0.0386. The van der Waals surface area contributed by atoms with Crippen LogP contribution in [0.1, 0.15) is 40.4 Å². The van der Waals surface area contributed by atoms with Crippen LogP contribution in [-0.2, 0) is 11.2 Å². The lowest BCUT2D eigenvalue weighted by molar-refractivity contribution is -0.115.